The Hall–Kier alpha value is -1.68. The Bertz CT molecular complexity index is 522. The lowest BCUT2D eigenvalue weighted by Crippen LogP contribution is -2.30. The third-order valence-corrected chi connectivity index (χ3v) is 2.33. The third kappa shape index (κ3) is 2.05. The van der Waals surface area contributed by atoms with Gasteiger partial charge in [-0.3, -0.25) is 0 Å². The molecule has 3 N–H and O–H groups in total. The maximum atomic E-state index is 5.43. The second-order valence-corrected chi connectivity index (χ2v) is 3.83. The number of aromatic nitrogens is 1. The Kier molecular flexibility index (Phi) is 2.51. The Labute approximate surface area is 93.5 Å². The molecule has 3 nitrogen and oxygen atoms in total. The Morgan fingerprint density at radius 2 is 2.13 bits per heavy atom. The van der Waals surface area contributed by atoms with E-state index in [-0.39, 0.29) is 5.11 Å². The van der Waals surface area contributed by atoms with E-state index in [1.807, 2.05) is 36.0 Å². The summed E-state index contributed by atoms with van der Waals surface area (Å²) in [6.45, 7) is 0. The van der Waals surface area contributed by atoms with Crippen LogP contribution in [0.2, 0.25) is 0 Å². The highest BCUT2D eigenvalue weighted by molar-refractivity contribution is 7.80. The molecular weight excluding hydrogens is 206 g/mol. The highest BCUT2D eigenvalue weighted by Crippen LogP contribution is 2.14. The van der Waals surface area contributed by atoms with E-state index in [4.69, 9.17) is 18.0 Å². The van der Waals surface area contributed by atoms with Gasteiger partial charge >= 0.3 is 0 Å². The Balaban J connectivity index is 2.57. The van der Waals surface area contributed by atoms with E-state index in [0.29, 0.717) is 0 Å². The summed E-state index contributed by atoms with van der Waals surface area (Å²) in [5.41, 5.74) is 7.51. The van der Waals surface area contributed by atoms with E-state index in [1.54, 1.807) is 0 Å². The zero-order valence-electron chi connectivity index (χ0n) is 8.40. The van der Waals surface area contributed by atoms with Gasteiger partial charge in [0, 0.05) is 11.5 Å². The predicted octanol–water partition coefficient (Wildman–Crippen LogP) is 1.32. The van der Waals surface area contributed by atoms with E-state index in [9.17, 15) is 0 Å². The smallest absolute Gasteiger partial charge is 0.212 e. The fourth-order valence-corrected chi connectivity index (χ4v) is 1.74. The molecule has 15 heavy (non-hydrogen) atoms. The number of hydrogen-bond donors (Lipinski definition) is 2. The number of aryl methyl sites for hydroxylation is 1. The lowest BCUT2D eigenvalue weighted by atomic mass is 10.2. The summed E-state index contributed by atoms with van der Waals surface area (Å²) in [4.78, 5) is 0. The molecule has 0 atom stereocenters. The fraction of sp³-hybridized carbons (Fsp3) is 0.0909. The summed E-state index contributed by atoms with van der Waals surface area (Å²) in [5, 5.41) is 4.36. The Morgan fingerprint density at radius 1 is 1.40 bits per heavy atom. The lowest BCUT2D eigenvalue weighted by molar-refractivity contribution is -0.644. The van der Waals surface area contributed by atoms with E-state index in [2.05, 4.69) is 17.4 Å². The number of thiocarbonyl (C=S) groups is 1. The minimum atomic E-state index is 0.283. The van der Waals surface area contributed by atoms with Gasteiger partial charge in [-0.05, 0) is 24.4 Å². The molecule has 0 aliphatic carbocycles. The maximum absolute atomic E-state index is 5.43. The van der Waals surface area contributed by atoms with Crippen molar-refractivity contribution in [1.29, 1.82) is 0 Å². The molecule has 1 aromatic heterocycles. The zero-order valence-corrected chi connectivity index (χ0v) is 9.21. The van der Waals surface area contributed by atoms with Gasteiger partial charge in [-0.2, -0.15) is 4.57 Å². The summed E-state index contributed by atoms with van der Waals surface area (Å²) in [7, 11) is 1.99. The van der Waals surface area contributed by atoms with Crippen molar-refractivity contribution in [2.45, 2.75) is 0 Å². The van der Waals surface area contributed by atoms with Crippen molar-refractivity contribution >= 4 is 33.9 Å². The van der Waals surface area contributed by atoms with Crippen molar-refractivity contribution in [1.82, 2.24) is 0 Å². The van der Waals surface area contributed by atoms with Crippen LogP contribution in [0.25, 0.3) is 10.9 Å². The van der Waals surface area contributed by atoms with Gasteiger partial charge in [-0.1, -0.05) is 12.1 Å². The maximum Gasteiger partial charge on any atom is 0.212 e. The number of nitrogens with two attached hydrogens (primary N) is 1. The number of para-hydroxylation sites is 1. The monoisotopic (exact) mass is 218 g/mol. The van der Waals surface area contributed by atoms with Gasteiger partial charge in [0.15, 0.2) is 11.3 Å². The van der Waals surface area contributed by atoms with Crippen LogP contribution >= 0.6 is 12.2 Å². The van der Waals surface area contributed by atoms with Crippen LogP contribution in [0.3, 0.4) is 0 Å². The molecule has 1 aromatic carbocycles. The molecule has 0 aliphatic heterocycles. The normalized spacial score (nSPS) is 10.2. The van der Waals surface area contributed by atoms with Gasteiger partial charge in [0.1, 0.15) is 12.7 Å². The quantitative estimate of drug-likeness (QED) is 0.560. The molecule has 0 saturated carbocycles. The van der Waals surface area contributed by atoms with Crippen molar-refractivity contribution in [2.24, 2.45) is 12.8 Å². The van der Waals surface area contributed by atoms with Crippen molar-refractivity contribution < 1.29 is 4.57 Å². The highest BCUT2D eigenvalue weighted by atomic mass is 32.1. The topological polar surface area (TPSA) is 41.9 Å². The zero-order chi connectivity index (χ0) is 10.8. The molecule has 0 saturated heterocycles. The minimum Gasteiger partial charge on any atom is -0.376 e. The van der Waals surface area contributed by atoms with Crippen LogP contribution in [-0.4, -0.2) is 5.11 Å². The molecule has 2 rings (SSSR count). The summed E-state index contributed by atoms with van der Waals surface area (Å²) in [6.07, 6.45) is 1.96. The van der Waals surface area contributed by atoms with E-state index in [0.717, 1.165) is 11.1 Å². The van der Waals surface area contributed by atoms with Crippen molar-refractivity contribution in [3.63, 3.8) is 0 Å². The molecule has 0 aliphatic rings. The standard InChI is InChI=1S/C11H11N3S/c1-14-7-9(13-11(12)15)6-8-4-2-3-5-10(8)14/h2-7H,1H3,(H2-,12,13,15)/p+1. The van der Waals surface area contributed by atoms with Crippen LogP contribution in [0, 0.1) is 0 Å². The average molecular weight is 218 g/mol. The SMILES string of the molecule is C[n+]1cc(NC(N)=S)cc2ccccc21. The first kappa shape index (κ1) is 9.86. The average Bonchev–Trinajstić information content (AvgIpc) is 2.16. The number of nitrogens with zero attached hydrogens (tertiary/aromatic N) is 1. The van der Waals surface area contributed by atoms with Crippen LogP contribution < -0.4 is 15.6 Å². The number of rotatable bonds is 1. The van der Waals surface area contributed by atoms with Gasteiger partial charge in [0.05, 0.1) is 0 Å². The van der Waals surface area contributed by atoms with Crippen molar-refractivity contribution in [3.8, 4) is 0 Å². The number of pyridine rings is 1. The summed E-state index contributed by atoms with van der Waals surface area (Å²) in [6, 6.07) is 10.2. The molecule has 0 unspecified atom stereocenters. The van der Waals surface area contributed by atoms with E-state index in [1.165, 1.54) is 5.52 Å². The summed E-state index contributed by atoms with van der Waals surface area (Å²) < 4.78 is 2.04. The molecule has 2 aromatic rings. The number of nitrogens with one attached hydrogen (secondary N) is 1. The van der Waals surface area contributed by atoms with Gasteiger partial charge < -0.3 is 11.1 Å². The molecular formula is C11H12N3S+. The van der Waals surface area contributed by atoms with Crippen molar-refractivity contribution in [3.05, 3.63) is 36.5 Å². The molecule has 0 spiro atoms. The van der Waals surface area contributed by atoms with Crippen LogP contribution in [0.5, 0.6) is 0 Å². The fourth-order valence-electron chi connectivity index (χ4n) is 1.62. The van der Waals surface area contributed by atoms with Crippen molar-refractivity contribution in [2.75, 3.05) is 5.32 Å². The second-order valence-electron chi connectivity index (χ2n) is 3.39. The van der Waals surface area contributed by atoms with Crippen LogP contribution in [-0.2, 0) is 7.05 Å². The molecule has 1 heterocycles. The third-order valence-electron chi connectivity index (χ3n) is 2.23. The highest BCUT2D eigenvalue weighted by Gasteiger charge is 2.06. The number of hydrogen-bond acceptors (Lipinski definition) is 1. The van der Waals surface area contributed by atoms with Gasteiger partial charge in [0.2, 0.25) is 5.52 Å². The molecule has 76 valence electrons. The van der Waals surface area contributed by atoms with Crippen LogP contribution in [0.4, 0.5) is 5.69 Å². The predicted molar refractivity (Wildman–Crippen MR) is 65.5 cm³/mol. The molecule has 0 fully saturated rings. The largest absolute Gasteiger partial charge is 0.376 e. The summed E-state index contributed by atoms with van der Waals surface area (Å²) in [5.74, 6) is 0. The molecule has 0 amide bonds. The lowest BCUT2D eigenvalue weighted by Gasteiger charge is -2.03. The minimum absolute atomic E-state index is 0.283. The van der Waals surface area contributed by atoms with Gasteiger partial charge in [-0.25, -0.2) is 0 Å². The van der Waals surface area contributed by atoms with E-state index < -0.39 is 0 Å². The first-order valence-electron chi connectivity index (χ1n) is 4.62. The first-order chi connectivity index (χ1) is 7.16. The summed E-state index contributed by atoms with van der Waals surface area (Å²) >= 11 is 4.80. The van der Waals surface area contributed by atoms with Gasteiger partial charge in [0.25, 0.3) is 0 Å². The number of anilines is 1. The van der Waals surface area contributed by atoms with Crippen LogP contribution in [0.15, 0.2) is 36.5 Å². The first-order valence-corrected chi connectivity index (χ1v) is 5.02. The van der Waals surface area contributed by atoms with Crippen LogP contribution in [0.1, 0.15) is 0 Å². The molecule has 0 bridgehead atoms. The second kappa shape index (κ2) is 3.82. The number of benzene rings is 1. The Morgan fingerprint density at radius 3 is 2.87 bits per heavy atom. The van der Waals surface area contributed by atoms with Gasteiger partial charge in [-0.15, -0.1) is 0 Å². The van der Waals surface area contributed by atoms with E-state index >= 15 is 0 Å². The number of fused-ring (bicyclic) bond motifs is 1. The molecule has 4 heteroatoms. The molecule has 0 radical (unpaired) electrons.